The first-order chi connectivity index (χ1) is 7.31. The van der Waals surface area contributed by atoms with Crippen molar-refractivity contribution in [2.75, 3.05) is 30.4 Å². The Morgan fingerprint density at radius 1 is 1.40 bits per heavy atom. The molecule has 0 atom stereocenters. The molecule has 0 saturated carbocycles. The quantitative estimate of drug-likeness (QED) is 0.744. The van der Waals surface area contributed by atoms with Crippen molar-refractivity contribution in [3.63, 3.8) is 0 Å². The van der Waals surface area contributed by atoms with Gasteiger partial charge in [-0.3, -0.25) is 4.98 Å². The zero-order valence-electron chi connectivity index (χ0n) is 9.11. The summed E-state index contributed by atoms with van der Waals surface area (Å²) < 4.78 is 5.05. The molecule has 1 aromatic rings. The molecule has 0 aliphatic rings. The van der Waals surface area contributed by atoms with Crippen LogP contribution < -0.4 is 9.64 Å². The third-order valence-corrected chi connectivity index (χ3v) is 2.34. The van der Waals surface area contributed by atoms with Gasteiger partial charge >= 0.3 is 0 Å². The number of nitrogens with zero attached hydrogens (tertiary/aromatic N) is 3. The van der Waals surface area contributed by atoms with Gasteiger partial charge in [0.15, 0.2) is 5.82 Å². The van der Waals surface area contributed by atoms with Crippen LogP contribution in [0.3, 0.4) is 0 Å². The molecule has 15 heavy (non-hydrogen) atoms. The summed E-state index contributed by atoms with van der Waals surface area (Å²) >= 11 is 3.43. The highest BCUT2D eigenvalue weighted by atomic mass is 79.9. The number of hydrogen-bond acceptors (Lipinski definition) is 4. The maximum Gasteiger partial charge on any atom is 0.233 e. The molecule has 1 aromatic heterocycles. The minimum Gasteiger partial charge on any atom is -0.480 e. The van der Waals surface area contributed by atoms with Gasteiger partial charge in [0.05, 0.1) is 19.5 Å². The Labute approximate surface area is 98.8 Å². The van der Waals surface area contributed by atoms with Crippen molar-refractivity contribution in [2.45, 2.75) is 13.3 Å². The largest absolute Gasteiger partial charge is 0.480 e. The summed E-state index contributed by atoms with van der Waals surface area (Å²) in [6.07, 6.45) is 4.47. The van der Waals surface area contributed by atoms with Crippen molar-refractivity contribution in [1.29, 1.82) is 0 Å². The number of halogens is 1. The van der Waals surface area contributed by atoms with Gasteiger partial charge in [-0.2, -0.15) is 4.98 Å². The molecular formula is C10H16BrN3O. The number of alkyl halides is 1. The molecule has 0 amide bonds. The third kappa shape index (κ3) is 3.66. The number of ether oxygens (including phenoxy) is 1. The van der Waals surface area contributed by atoms with Crippen LogP contribution in [0.2, 0.25) is 0 Å². The molecule has 1 rings (SSSR count). The van der Waals surface area contributed by atoms with Crippen LogP contribution in [0.15, 0.2) is 12.4 Å². The van der Waals surface area contributed by atoms with Gasteiger partial charge in [0.2, 0.25) is 5.88 Å². The van der Waals surface area contributed by atoms with Crippen molar-refractivity contribution in [1.82, 2.24) is 9.97 Å². The first kappa shape index (κ1) is 12.2. The Bertz CT molecular complexity index is 290. The van der Waals surface area contributed by atoms with Crippen LogP contribution in [0.5, 0.6) is 5.88 Å². The van der Waals surface area contributed by atoms with E-state index < -0.39 is 0 Å². The lowest BCUT2D eigenvalue weighted by molar-refractivity contribution is 0.395. The van der Waals surface area contributed by atoms with Gasteiger partial charge in [-0.25, -0.2) is 0 Å². The van der Waals surface area contributed by atoms with Crippen molar-refractivity contribution in [2.24, 2.45) is 0 Å². The minimum absolute atomic E-state index is 0.558. The second-order valence-corrected chi connectivity index (χ2v) is 3.89. The molecule has 0 spiro atoms. The minimum atomic E-state index is 0.558. The summed E-state index contributed by atoms with van der Waals surface area (Å²) in [5.41, 5.74) is 0. The zero-order chi connectivity index (χ0) is 11.1. The van der Waals surface area contributed by atoms with E-state index in [9.17, 15) is 0 Å². The van der Waals surface area contributed by atoms with Gasteiger partial charge < -0.3 is 9.64 Å². The van der Waals surface area contributed by atoms with Gasteiger partial charge in [0, 0.05) is 18.4 Å². The van der Waals surface area contributed by atoms with E-state index in [0.29, 0.717) is 5.88 Å². The smallest absolute Gasteiger partial charge is 0.233 e. The number of hydrogen-bond donors (Lipinski definition) is 0. The molecule has 5 heteroatoms. The van der Waals surface area contributed by atoms with Crippen molar-refractivity contribution in [3.8, 4) is 5.88 Å². The fourth-order valence-corrected chi connectivity index (χ4v) is 1.73. The molecule has 0 radical (unpaired) electrons. The van der Waals surface area contributed by atoms with Gasteiger partial charge in [-0.05, 0) is 6.42 Å². The first-order valence-electron chi connectivity index (χ1n) is 4.98. The van der Waals surface area contributed by atoms with E-state index in [-0.39, 0.29) is 0 Å². The van der Waals surface area contributed by atoms with Crippen LogP contribution in [0.1, 0.15) is 13.3 Å². The van der Waals surface area contributed by atoms with E-state index in [1.165, 1.54) is 0 Å². The summed E-state index contributed by atoms with van der Waals surface area (Å²) in [6, 6.07) is 0. The Hall–Kier alpha value is -0.840. The molecule has 0 fully saturated rings. The molecular weight excluding hydrogens is 258 g/mol. The predicted octanol–water partition coefficient (Wildman–Crippen LogP) is 2.10. The lowest BCUT2D eigenvalue weighted by Gasteiger charge is -2.21. The summed E-state index contributed by atoms with van der Waals surface area (Å²) in [5, 5.41) is 0.923. The summed E-state index contributed by atoms with van der Waals surface area (Å²) in [5.74, 6) is 1.43. The lowest BCUT2D eigenvalue weighted by atomic mass is 10.4. The first-order valence-corrected chi connectivity index (χ1v) is 6.11. The predicted molar refractivity (Wildman–Crippen MR) is 64.9 cm³/mol. The molecule has 0 bridgehead atoms. The second-order valence-electron chi connectivity index (χ2n) is 3.10. The number of anilines is 1. The van der Waals surface area contributed by atoms with Crippen molar-refractivity contribution < 1.29 is 4.74 Å². The van der Waals surface area contributed by atoms with Crippen molar-refractivity contribution in [3.05, 3.63) is 12.4 Å². The van der Waals surface area contributed by atoms with Gasteiger partial charge in [-0.1, -0.05) is 22.9 Å². The molecule has 4 nitrogen and oxygen atoms in total. The molecule has 1 heterocycles. The molecule has 0 saturated heterocycles. The standard InChI is InChI=1S/C10H16BrN3O/c1-3-5-14(6-4-11)9-7-12-8-10(13-9)15-2/h7-8H,3-6H2,1-2H3. The summed E-state index contributed by atoms with van der Waals surface area (Å²) in [4.78, 5) is 10.6. The maximum atomic E-state index is 5.05. The fraction of sp³-hybridized carbons (Fsp3) is 0.600. The van der Waals surface area contributed by atoms with Crippen LogP contribution in [0, 0.1) is 0 Å². The summed E-state index contributed by atoms with van der Waals surface area (Å²) in [7, 11) is 1.60. The number of rotatable bonds is 6. The van der Waals surface area contributed by atoms with Gasteiger partial charge in [0.25, 0.3) is 0 Å². The maximum absolute atomic E-state index is 5.05. The molecule has 84 valence electrons. The van der Waals surface area contributed by atoms with E-state index in [1.807, 2.05) is 0 Å². The number of aromatic nitrogens is 2. The van der Waals surface area contributed by atoms with Crippen LogP contribution in [-0.4, -0.2) is 35.5 Å². The molecule has 0 aliphatic carbocycles. The normalized spacial score (nSPS) is 10.1. The van der Waals surface area contributed by atoms with E-state index in [1.54, 1.807) is 19.5 Å². The summed E-state index contributed by atoms with van der Waals surface area (Å²) in [6.45, 7) is 4.05. The topological polar surface area (TPSA) is 38.2 Å². The van der Waals surface area contributed by atoms with Crippen LogP contribution in [0.4, 0.5) is 5.82 Å². The Kier molecular flexibility index (Phi) is 5.39. The average molecular weight is 274 g/mol. The molecule has 0 unspecified atom stereocenters. The fourth-order valence-electron chi connectivity index (χ4n) is 1.30. The number of methoxy groups -OCH3 is 1. The monoisotopic (exact) mass is 273 g/mol. The van der Waals surface area contributed by atoms with E-state index >= 15 is 0 Å². The van der Waals surface area contributed by atoms with Gasteiger partial charge in [-0.15, -0.1) is 0 Å². The second kappa shape index (κ2) is 6.61. The third-order valence-electron chi connectivity index (χ3n) is 1.98. The van der Waals surface area contributed by atoms with Crippen LogP contribution in [-0.2, 0) is 0 Å². The van der Waals surface area contributed by atoms with Crippen molar-refractivity contribution >= 4 is 21.7 Å². The highest BCUT2D eigenvalue weighted by Gasteiger charge is 2.07. The van der Waals surface area contributed by atoms with E-state index in [4.69, 9.17) is 4.74 Å². The Morgan fingerprint density at radius 2 is 2.20 bits per heavy atom. The zero-order valence-corrected chi connectivity index (χ0v) is 10.7. The highest BCUT2D eigenvalue weighted by Crippen LogP contribution is 2.14. The lowest BCUT2D eigenvalue weighted by Crippen LogP contribution is -2.27. The average Bonchev–Trinajstić information content (AvgIpc) is 2.29. The molecule has 0 N–H and O–H groups in total. The van der Waals surface area contributed by atoms with E-state index in [0.717, 1.165) is 30.7 Å². The highest BCUT2D eigenvalue weighted by molar-refractivity contribution is 9.09. The molecule has 0 aromatic carbocycles. The van der Waals surface area contributed by atoms with Crippen LogP contribution >= 0.6 is 15.9 Å². The Balaban J connectivity index is 2.79. The Morgan fingerprint density at radius 3 is 2.80 bits per heavy atom. The van der Waals surface area contributed by atoms with Crippen LogP contribution in [0.25, 0.3) is 0 Å². The van der Waals surface area contributed by atoms with Gasteiger partial charge in [0.1, 0.15) is 0 Å². The molecule has 0 aliphatic heterocycles. The SMILES string of the molecule is CCCN(CCBr)c1cncc(OC)n1. The van der Waals surface area contributed by atoms with E-state index in [2.05, 4.69) is 37.7 Å².